The van der Waals surface area contributed by atoms with Crippen LogP contribution in [0.5, 0.6) is 0 Å². The Morgan fingerprint density at radius 2 is 2.29 bits per heavy atom. The Labute approximate surface area is 96.0 Å². The summed E-state index contributed by atoms with van der Waals surface area (Å²) in [5.74, 6) is -1.12. The molecule has 0 fully saturated rings. The monoisotopic (exact) mass is 236 g/mol. The van der Waals surface area contributed by atoms with E-state index >= 15 is 0 Å². The molecule has 6 heteroatoms. The van der Waals surface area contributed by atoms with Crippen LogP contribution in [0.1, 0.15) is 10.4 Å². The van der Waals surface area contributed by atoms with Crippen LogP contribution in [0, 0.1) is 5.82 Å². The van der Waals surface area contributed by atoms with E-state index in [0.29, 0.717) is 5.56 Å². The predicted molar refractivity (Wildman–Crippen MR) is 57.6 cm³/mol. The second kappa shape index (κ2) is 4.25. The smallest absolute Gasteiger partial charge is 0.345 e. The first-order valence-corrected chi connectivity index (χ1v) is 4.73. The number of ether oxygens (including phenoxy) is 1. The van der Waals surface area contributed by atoms with E-state index in [1.165, 1.54) is 25.3 Å². The van der Waals surface area contributed by atoms with Crippen LogP contribution in [-0.2, 0) is 4.74 Å². The zero-order valence-electron chi connectivity index (χ0n) is 8.94. The number of carbonyl (C=O) groups excluding carboxylic acids is 1. The van der Waals surface area contributed by atoms with Gasteiger partial charge in [-0.3, -0.25) is 0 Å². The number of nitrogens with zero attached hydrogens (tertiary/aromatic N) is 1. The van der Waals surface area contributed by atoms with Crippen molar-refractivity contribution < 1.29 is 18.4 Å². The second-order valence-electron chi connectivity index (χ2n) is 3.27. The zero-order chi connectivity index (χ0) is 12.4. The topological polar surface area (TPSA) is 78.4 Å². The lowest BCUT2D eigenvalue weighted by atomic mass is 10.1. The molecule has 0 amide bonds. The van der Waals surface area contributed by atoms with E-state index in [-0.39, 0.29) is 17.1 Å². The number of nitrogen functional groups attached to an aromatic ring is 1. The third-order valence-electron chi connectivity index (χ3n) is 2.19. The second-order valence-corrected chi connectivity index (χ2v) is 3.27. The lowest BCUT2D eigenvalue weighted by Crippen LogP contribution is -2.05. The fraction of sp³-hybridized carbons (Fsp3) is 0.0909. The summed E-state index contributed by atoms with van der Waals surface area (Å²) in [6, 6.07) is 5.56. The molecule has 0 bridgehead atoms. The molecular formula is C11H9FN2O3. The maximum absolute atomic E-state index is 13.1. The molecule has 88 valence electrons. The van der Waals surface area contributed by atoms with Crippen molar-refractivity contribution in [1.29, 1.82) is 0 Å². The molecule has 1 heterocycles. The lowest BCUT2D eigenvalue weighted by Gasteiger charge is -2.00. The average molecular weight is 236 g/mol. The van der Waals surface area contributed by atoms with E-state index in [0.717, 1.165) is 0 Å². The van der Waals surface area contributed by atoms with Gasteiger partial charge in [0.25, 0.3) is 0 Å². The Balaban J connectivity index is 2.57. The Morgan fingerprint density at radius 1 is 1.53 bits per heavy atom. The van der Waals surface area contributed by atoms with Crippen LogP contribution in [0.3, 0.4) is 0 Å². The minimum Gasteiger partial charge on any atom is -0.465 e. The summed E-state index contributed by atoms with van der Waals surface area (Å²) in [4.78, 5) is 11.5. The molecule has 2 N–H and O–H groups in total. The fourth-order valence-corrected chi connectivity index (χ4v) is 1.43. The number of carbonyl (C=O) groups is 1. The third-order valence-corrected chi connectivity index (χ3v) is 2.19. The number of anilines is 1. The molecule has 2 rings (SSSR count). The van der Waals surface area contributed by atoms with Crippen LogP contribution in [0.2, 0.25) is 0 Å². The summed E-state index contributed by atoms with van der Waals surface area (Å²) < 4.78 is 22.5. The highest BCUT2D eigenvalue weighted by atomic mass is 19.1. The van der Waals surface area contributed by atoms with Gasteiger partial charge in [0.2, 0.25) is 0 Å². The van der Waals surface area contributed by atoms with Crippen LogP contribution in [0.15, 0.2) is 28.8 Å². The molecule has 5 nitrogen and oxygen atoms in total. The molecule has 0 unspecified atom stereocenters. The van der Waals surface area contributed by atoms with Gasteiger partial charge in [0.1, 0.15) is 5.82 Å². The van der Waals surface area contributed by atoms with Gasteiger partial charge in [-0.15, -0.1) is 0 Å². The molecule has 0 aliphatic heterocycles. The van der Waals surface area contributed by atoms with Crippen molar-refractivity contribution in [3.8, 4) is 11.3 Å². The first kappa shape index (κ1) is 11.1. The number of hydrogen-bond donors (Lipinski definition) is 1. The molecule has 0 saturated carbocycles. The highest BCUT2D eigenvalue weighted by Gasteiger charge is 2.23. The maximum Gasteiger partial charge on any atom is 0.345 e. The normalized spacial score (nSPS) is 10.2. The van der Waals surface area contributed by atoms with Gasteiger partial charge in [0, 0.05) is 5.56 Å². The number of nitrogens with two attached hydrogens (primary N) is 1. The first-order valence-electron chi connectivity index (χ1n) is 4.73. The van der Waals surface area contributed by atoms with Crippen LogP contribution in [0.4, 0.5) is 10.2 Å². The Bertz CT molecular complexity index is 566. The minimum absolute atomic E-state index is 0.00176. The van der Waals surface area contributed by atoms with E-state index in [1.807, 2.05) is 0 Å². The van der Waals surface area contributed by atoms with Gasteiger partial charge in [0.05, 0.1) is 7.11 Å². The van der Waals surface area contributed by atoms with Gasteiger partial charge in [0.15, 0.2) is 17.1 Å². The molecule has 1 aromatic carbocycles. The fourth-order valence-electron chi connectivity index (χ4n) is 1.43. The van der Waals surface area contributed by atoms with Gasteiger partial charge >= 0.3 is 5.97 Å². The molecule has 2 aromatic rings. The molecule has 0 radical (unpaired) electrons. The highest BCUT2D eigenvalue weighted by molar-refractivity contribution is 6.00. The van der Waals surface area contributed by atoms with Crippen molar-refractivity contribution in [3.05, 3.63) is 35.6 Å². The molecule has 0 aliphatic carbocycles. The van der Waals surface area contributed by atoms with E-state index in [9.17, 15) is 9.18 Å². The Kier molecular flexibility index (Phi) is 2.78. The number of benzene rings is 1. The number of methoxy groups -OCH3 is 1. The van der Waals surface area contributed by atoms with Gasteiger partial charge in [-0.25, -0.2) is 9.18 Å². The van der Waals surface area contributed by atoms with Crippen molar-refractivity contribution in [3.63, 3.8) is 0 Å². The summed E-state index contributed by atoms with van der Waals surface area (Å²) in [7, 11) is 1.21. The SMILES string of the molecule is COC(=O)c1c(N)noc1-c1cccc(F)c1. The molecule has 17 heavy (non-hydrogen) atoms. The number of rotatable bonds is 2. The minimum atomic E-state index is -0.678. The van der Waals surface area contributed by atoms with Crippen LogP contribution >= 0.6 is 0 Å². The quantitative estimate of drug-likeness (QED) is 0.805. The largest absolute Gasteiger partial charge is 0.465 e. The first-order chi connectivity index (χ1) is 8.13. The van der Waals surface area contributed by atoms with Gasteiger partial charge in [-0.2, -0.15) is 0 Å². The Morgan fingerprint density at radius 3 is 2.94 bits per heavy atom. The average Bonchev–Trinajstić information content (AvgIpc) is 2.70. The molecule has 0 saturated heterocycles. The van der Waals surface area contributed by atoms with Crippen molar-refractivity contribution in [2.24, 2.45) is 0 Å². The van der Waals surface area contributed by atoms with E-state index in [2.05, 4.69) is 9.89 Å². The van der Waals surface area contributed by atoms with Gasteiger partial charge < -0.3 is 15.0 Å². The van der Waals surface area contributed by atoms with E-state index in [4.69, 9.17) is 10.3 Å². The molecule has 0 atom stereocenters. The van der Waals surface area contributed by atoms with Crippen LogP contribution in [-0.4, -0.2) is 18.2 Å². The molecule has 0 spiro atoms. The maximum atomic E-state index is 13.1. The molecule has 1 aromatic heterocycles. The number of halogens is 1. The molecule has 0 aliphatic rings. The van der Waals surface area contributed by atoms with Crippen molar-refractivity contribution in [2.75, 3.05) is 12.8 Å². The van der Waals surface area contributed by atoms with Gasteiger partial charge in [-0.1, -0.05) is 17.3 Å². The summed E-state index contributed by atoms with van der Waals surface area (Å²) >= 11 is 0. The Hall–Kier alpha value is -2.37. The zero-order valence-corrected chi connectivity index (χ0v) is 8.94. The number of aromatic nitrogens is 1. The summed E-state index contributed by atoms with van der Waals surface area (Å²) in [6.07, 6.45) is 0. The van der Waals surface area contributed by atoms with Crippen molar-refractivity contribution in [2.45, 2.75) is 0 Å². The van der Waals surface area contributed by atoms with Crippen LogP contribution < -0.4 is 5.73 Å². The van der Waals surface area contributed by atoms with Crippen molar-refractivity contribution in [1.82, 2.24) is 5.16 Å². The van der Waals surface area contributed by atoms with Crippen LogP contribution in [0.25, 0.3) is 11.3 Å². The lowest BCUT2D eigenvalue weighted by molar-refractivity contribution is 0.0602. The standard InChI is InChI=1S/C11H9FN2O3/c1-16-11(15)8-9(17-14-10(8)13)6-3-2-4-7(12)5-6/h2-5H,1H3,(H2,13,14). The summed E-state index contributed by atoms with van der Waals surface area (Å²) in [5.41, 5.74) is 5.86. The van der Waals surface area contributed by atoms with E-state index < -0.39 is 11.8 Å². The molecular weight excluding hydrogens is 227 g/mol. The highest BCUT2D eigenvalue weighted by Crippen LogP contribution is 2.28. The summed E-state index contributed by atoms with van der Waals surface area (Å²) in [6.45, 7) is 0. The van der Waals surface area contributed by atoms with Gasteiger partial charge in [-0.05, 0) is 12.1 Å². The summed E-state index contributed by atoms with van der Waals surface area (Å²) in [5, 5.41) is 3.47. The number of esters is 1. The third kappa shape index (κ3) is 1.96. The van der Waals surface area contributed by atoms with E-state index in [1.54, 1.807) is 6.07 Å². The number of hydrogen-bond acceptors (Lipinski definition) is 5. The van der Waals surface area contributed by atoms with Crippen molar-refractivity contribution >= 4 is 11.8 Å². The predicted octanol–water partition coefficient (Wildman–Crippen LogP) is 1.85.